The fraction of sp³-hybridized carbons (Fsp3) is 0.250. The van der Waals surface area contributed by atoms with Gasteiger partial charge in [-0.05, 0) is 12.3 Å². The lowest BCUT2D eigenvalue weighted by molar-refractivity contribution is -0.113. The second-order valence-corrected chi connectivity index (χ2v) is 5.54. The summed E-state index contributed by atoms with van der Waals surface area (Å²) >= 11 is 2.79. The molecule has 20 heavy (non-hydrogen) atoms. The molecule has 8 heteroatoms. The number of rotatable bonds is 5. The Kier molecular flexibility index (Phi) is 4.80. The number of hydrogen-bond donors (Lipinski definition) is 2. The number of aromatic nitrogens is 2. The van der Waals surface area contributed by atoms with E-state index in [1.54, 1.807) is 12.3 Å². The molecule has 0 aromatic carbocycles. The number of hydrogen-bond acceptors (Lipinski definition) is 6. The fourth-order valence-corrected chi connectivity index (χ4v) is 2.59. The minimum absolute atomic E-state index is 0.0808. The maximum atomic E-state index is 11.5. The predicted octanol–water partition coefficient (Wildman–Crippen LogP) is 2.23. The lowest BCUT2D eigenvalue weighted by Gasteiger charge is -1.97. The zero-order valence-corrected chi connectivity index (χ0v) is 12.6. The number of aromatic amines is 1. The van der Waals surface area contributed by atoms with Gasteiger partial charge in [0.1, 0.15) is 5.69 Å². The van der Waals surface area contributed by atoms with E-state index in [1.165, 1.54) is 30.2 Å². The second kappa shape index (κ2) is 6.58. The van der Waals surface area contributed by atoms with Gasteiger partial charge in [0.15, 0.2) is 5.13 Å². The van der Waals surface area contributed by atoms with Crippen LogP contribution in [0.3, 0.4) is 0 Å². The molecular formula is C12H13N3O3S2. The number of ether oxygens (including phenoxy) is 1. The summed E-state index contributed by atoms with van der Waals surface area (Å²) < 4.78 is 4.62. The van der Waals surface area contributed by atoms with E-state index in [9.17, 15) is 9.59 Å². The number of thioether (sulfide) groups is 1. The Morgan fingerprint density at radius 2 is 2.35 bits per heavy atom. The average molecular weight is 311 g/mol. The zero-order chi connectivity index (χ0) is 14.5. The molecule has 106 valence electrons. The number of amides is 1. The Hall–Kier alpha value is -1.80. The van der Waals surface area contributed by atoms with Crippen LogP contribution in [-0.2, 0) is 9.53 Å². The smallest absolute Gasteiger partial charge is 0.354 e. The maximum absolute atomic E-state index is 11.5. The standard InChI is InChI=1S/C12H13N3O3S2/c1-18-11(17)8-3-7(4-13-8)9-5-20-12(14-9)15-10(16)6-19-2/h3-5,13H,6H2,1-2H3,(H,14,15,16). The van der Waals surface area contributed by atoms with Crippen LogP contribution < -0.4 is 5.32 Å². The van der Waals surface area contributed by atoms with Crippen molar-refractivity contribution in [2.75, 3.05) is 24.4 Å². The molecule has 0 aliphatic carbocycles. The third-order valence-corrected chi connectivity index (χ3v) is 3.72. The summed E-state index contributed by atoms with van der Waals surface area (Å²) in [4.78, 5) is 29.9. The molecule has 0 fully saturated rings. The van der Waals surface area contributed by atoms with Crippen LogP contribution in [-0.4, -0.2) is 41.0 Å². The van der Waals surface area contributed by atoms with Gasteiger partial charge in [0, 0.05) is 17.1 Å². The molecule has 0 aliphatic rings. The molecule has 2 aromatic heterocycles. The van der Waals surface area contributed by atoms with Gasteiger partial charge >= 0.3 is 5.97 Å². The van der Waals surface area contributed by atoms with Gasteiger partial charge in [-0.2, -0.15) is 11.8 Å². The lowest BCUT2D eigenvalue weighted by atomic mass is 10.2. The van der Waals surface area contributed by atoms with Crippen molar-refractivity contribution in [3.8, 4) is 11.3 Å². The number of carbonyl (C=O) groups is 2. The highest BCUT2D eigenvalue weighted by atomic mass is 32.2. The molecule has 1 amide bonds. The third kappa shape index (κ3) is 3.40. The van der Waals surface area contributed by atoms with Crippen LogP contribution in [0.4, 0.5) is 5.13 Å². The molecule has 0 aliphatic heterocycles. The summed E-state index contributed by atoms with van der Waals surface area (Å²) in [5.41, 5.74) is 1.83. The molecule has 0 atom stereocenters. The minimum atomic E-state index is -0.431. The molecule has 0 unspecified atom stereocenters. The van der Waals surface area contributed by atoms with Gasteiger partial charge < -0.3 is 15.0 Å². The van der Waals surface area contributed by atoms with Gasteiger partial charge in [-0.3, -0.25) is 4.79 Å². The third-order valence-electron chi connectivity index (χ3n) is 2.41. The quantitative estimate of drug-likeness (QED) is 0.827. The van der Waals surface area contributed by atoms with Gasteiger partial charge in [-0.25, -0.2) is 9.78 Å². The van der Waals surface area contributed by atoms with Crippen molar-refractivity contribution in [3.05, 3.63) is 23.3 Å². The van der Waals surface area contributed by atoms with E-state index < -0.39 is 5.97 Å². The molecule has 0 bridgehead atoms. The number of carbonyl (C=O) groups excluding carboxylic acids is 2. The van der Waals surface area contributed by atoms with E-state index in [1.807, 2.05) is 11.6 Å². The predicted molar refractivity (Wildman–Crippen MR) is 80.3 cm³/mol. The van der Waals surface area contributed by atoms with Crippen LogP contribution in [0.25, 0.3) is 11.3 Å². The SMILES string of the molecule is COC(=O)c1cc(-c2csc(NC(=O)CSC)n2)c[nH]1. The summed E-state index contributed by atoms with van der Waals surface area (Å²) in [5.74, 6) is -0.117. The molecular weight excluding hydrogens is 298 g/mol. The van der Waals surface area contributed by atoms with Crippen molar-refractivity contribution in [1.82, 2.24) is 9.97 Å². The van der Waals surface area contributed by atoms with Gasteiger partial charge in [-0.1, -0.05) is 0 Å². The molecule has 0 saturated carbocycles. The minimum Gasteiger partial charge on any atom is -0.464 e. The van der Waals surface area contributed by atoms with Crippen LogP contribution >= 0.6 is 23.1 Å². The number of H-pyrrole nitrogens is 1. The first-order valence-electron chi connectivity index (χ1n) is 5.65. The van der Waals surface area contributed by atoms with E-state index in [4.69, 9.17) is 0 Å². The van der Waals surface area contributed by atoms with Crippen molar-refractivity contribution in [2.45, 2.75) is 0 Å². The zero-order valence-electron chi connectivity index (χ0n) is 10.9. The molecule has 2 N–H and O–H groups in total. The van der Waals surface area contributed by atoms with Crippen molar-refractivity contribution >= 4 is 40.1 Å². The van der Waals surface area contributed by atoms with Crippen LogP contribution in [0, 0.1) is 0 Å². The van der Waals surface area contributed by atoms with E-state index in [0.29, 0.717) is 22.3 Å². The molecule has 6 nitrogen and oxygen atoms in total. The second-order valence-electron chi connectivity index (χ2n) is 3.81. The maximum Gasteiger partial charge on any atom is 0.354 e. The first-order chi connectivity index (χ1) is 9.63. The first kappa shape index (κ1) is 14.6. The van der Waals surface area contributed by atoms with E-state index in [2.05, 4.69) is 20.0 Å². The summed E-state index contributed by atoms with van der Waals surface area (Å²) in [6.45, 7) is 0. The Morgan fingerprint density at radius 1 is 1.55 bits per heavy atom. The lowest BCUT2D eigenvalue weighted by Crippen LogP contribution is -2.13. The van der Waals surface area contributed by atoms with Crippen molar-refractivity contribution in [3.63, 3.8) is 0 Å². The Labute approximate surface area is 123 Å². The highest BCUT2D eigenvalue weighted by Gasteiger charge is 2.12. The van der Waals surface area contributed by atoms with Crippen LogP contribution in [0.15, 0.2) is 17.6 Å². The molecule has 0 spiro atoms. The van der Waals surface area contributed by atoms with Gasteiger partial charge in [0.2, 0.25) is 5.91 Å². The average Bonchev–Trinajstić information content (AvgIpc) is 3.06. The largest absolute Gasteiger partial charge is 0.464 e. The number of nitrogens with zero attached hydrogens (tertiary/aromatic N) is 1. The highest BCUT2D eigenvalue weighted by molar-refractivity contribution is 7.99. The highest BCUT2D eigenvalue weighted by Crippen LogP contribution is 2.25. The van der Waals surface area contributed by atoms with Crippen LogP contribution in [0.5, 0.6) is 0 Å². The Morgan fingerprint density at radius 3 is 3.05 bits per heavy atom. The number of methoxy groups -OCH3 is 1. The van der Waals surface area contributed by atoms with Crippen LogP contribution in [0.1, 0.15) is 10.5 Å². The Bertz CT molecular complexity index is 621. The van der Waals surface area contributed by atoms with Gasteiger partial charge in [0.25, 0.3) is 0 Å². The summed E-state index contributed by atoms with van der Waals surface area (Å²) in [7, 11) is 1.32. The number of esters is 1. The molecule has 0 saturated heterocycles. The van der Waals surface area contributed by atoms with E-state index >= 15 is 0 Å². The summed E-state index contributed by atoms with van der Waals surface area (Å²) in [6, 6.07) is 1.66. The van der Waals surface area contributed by atoms with Crippen molar-refractivity contribution in [1.29, 1.82) is 0 Å². The monoisotopic (exact) mass is 311 g/mol. The summed E-state index contributed by atoms with van der Waals surface area (Å²) in [5, 5.41) is 5.08. The van der Waals surface area contributed by atoms with E-state index in [0.717, 1.165) is 5.56 Å². The normalized spacial score (nSPS) is 10.3. The Balaban J connectivity index is 2.10. The molecule has 0 radical (unpaired) electrons. The van der Waals surface area contributed by atoms with Crippen molar-refractivity contribution < 1.29 is 14.3 Å². The molecule has 2 aromatic rings. The fourth-order valence-electron chi connectivity index (χ4n) is 1.52. The number of anilines is 1. The van der Waals surface area contributed by atoms with Crippen molar-refractivity contribution in [2.24, 2.45) is 0 Å². The summed E-state index contributed by atoms with van der Waals surface area (Å²) in [6.07, 6.45) is 3.54. The molecule has 2 heterocycles. The van der Waals surface area contributed by atoms with Gasteiger partial charge in [-0.15, -0.1) is 11.3 Å². The first-order valence-corrected chi connectivity index (χ1v) is 7.93. The van der Waals surface area contributed by atoms with Crippen LogP contribution in [0.2, 0.25) is 0 Å². The van der Waals surface area contributed by atoms with Gasteiger partial charge in [0.05, 0.1) is 18.6 Å². The van der Waals surface area contributed by atoms with E-state index in [-0.39, 0.29) is 5.91 Å². The molecule has 2 rings (SSSR count). The topological polar surface area (TPSA) is 84.1 Å². The number of thiazole rings is 1. The number of nitrogens with one attached hydrogen (secondary N) is 2.